The molecule has 2 aliphatic carbocycles. The Morgan fingerprint density at radius 1 is 0.895 bits per heavy atom. The Bertz CT molecular complexity index is 269. The lowest BCUT2D eigenvalue weighted by atomic mass is 9.81. The largest absolute Gasteiger partial charge is 0.376 e. The number of ether oxygens (including phenoxy) is 1. The molecule has 0 amide bonds. The first-order valence-corrected chi connectivity index (χ1v) is 8.62. The summed E-state index contributed by atoms with van der Waals surface area (Å²) in [5.74, 6) is 2.04. The summed E-state index contributed by atoms with van der Waals surface area (Å²) >= 11 is 0. The van der Waals surface area contributed by atoms with Crippen LogP contribution in [-0.4, -0.2) is 12.2 Å². The smallest absolute Gasteiger partial charge is 0.0581 e. The minimum Gasteiger partial charge on any atom is -0.376 e. The Kier molecular flexibility index (Phi) is 5.34. The van der Waals surface area contributed by atoms with Crippen LogP contribution in [0.25, 0.3) is 0 Å². The van der Waals surface area contributed by atoms with Gasteiger partial charge in [-0.15, -0.1) is 0 Å². The monoisotopic (exact) mass is 266 g/mol. The third-order valence-electron chi connectivity index (χ3n) is 5.17. The van der Waals surface area contributed by atoms with Crippen LogP contribution in [0, 0.1) is 17.3 Å². The predicted molar refractivity (Wildman–Crippen MR) is 82.3 cm³/mol. The van der Waals surface area contributed by atoms with Crippen LogP contribution in [-0.2, 0) is 4.74 Å². The van der Waals surface area contributed by atoms with Crippen LogP contribution in [0.4, 0.5) is 0 Å². The van der Waals surface area contributed by atoms with Crippen LogP contribution in [0.5, 0.6) is 0 Å². The van der Waals surface area contributed by atoms with Crippen molar-refractivity contribution in [1.29, 1.82) is 0 Å². The van der Waals surface area contributed by atoms with Crippen LogP contribution >= 0.6 is 0 Å². The highest BCUT2D eigenvalue weighted by Gasteiger charge is 2.38. The van der Waals surface area contributed by atoms with Gasteiger partial charge in [0.05, 0.1) is 12.2 Å². The molecule has 2 aliphatic rings. The maximum atomic E-state index is 6.19. The molecule has 0 heterocycles. The molecular weight excluding hydrogens is 232 g/mol. The molecule has 0 N–H and O–H groups in total. The molecule has 0 spiro atoms. The molecule has 3 unspecified atom stereocenters. The normalized spacial score (nSPS) is 36.2. The summed E-state index contributed by atoms with van der Waals surface area (Å²) in [7, 11) is 0. The molecular formula is C18H34O. The van der Waals surface area contributed by atoms with Crippen LogP contribution < -0.4 is 0 Å². The van der Waals surface area contributed by atoms with Gasteiger partial charge in [0.2, 0.25) is 0 Å². The summed E-state index contributed by atoms with van der Waals surface area (Å²) in [6.07, 6.45) is 13.6. The number of hydrogen-bond donors (Lipinski definition) is 0. The lowest BCUT2D eigenvalue weighted by Crippen LogP contribution is -2.22. The van der Waals surface area contributed by atoms with Crippen LogP contribution in [0.15, 0.2) is 0 Å². The molecule has 0 bridgehead atoms. The first-order chi connectivity index (χ1) is 8.96. The van der Waals surface area contributed by atoms with E-state index < -0.39 is 0 Å². The molecule has 2 rings (SSSR count). The lowest BCUT2D eigenvalue weighted by molar-refractivity contribution is -0.0118. The highest BCUT2D eigenvalue weighted by atomic mass is 16.5. The second-order valence-electron chi connectivity index (χ2n) is 8.10. The number of fused-ring (bicyclic) bond motifs is 1. The van der Waals surface area contributed by atoms with Gasteiger partial charge in [0, 0.05) is 0 Å². The van der Waals surface area contributed by atoms with Gasteiger partial charge in [-0.05, 0) is 63.2 Å². The Hall–Kier alpha value is -0.0400. The van der Waals surface area contributed by atoms with Crippen LogP contribution in [0.3, 0.4) is 0 Å². The molecule has 0 saturated heterocycles. The molecule has 0 aliphatic heterocycles. The molecule has 0 radical (unpaired) electrons. The Labute approximate surface area is 120 Å². The topological polar surface area (TPSA) is 9.23 Å². The standard InChI is InChI=1S/C18H34O/c1-14(2)19-17-9-11-18(3,4)10-7-5-6-8-15-12-16(15)13-17/h14-17H,5-13H2,1-4H3. The fraction of sp³-hybridized carbons (Fsp3) is 1.00. The molecule has 0 aromatic rings. The zero-order valence-electron chi connectivity index (χ0n) is 13.6. The molecule has 19 heavy (non-hydrogen) atoms. The summed E-state index contributed by atoms with van der Waals surface area (Å²) in [6, 6.07) is 0. The fourth-order valence-corrected chi connectivity index (χ4v) is 3.78. The van der Waals surface area contributed by atoms with Gasteiger partial charge < -0.3 is 4.74 Å². The Balaban J connectivity index is 1.90. The van der Waals surface area contributed by atoms with Gasteiger partial charge in [-0.2, -0.15) is 0 Å². The van der Waals surface area contributed by atoms with Gasteiger partial charge in [0.1, 0.15) is 0 Å². The maximum absolute atomic E-state index is 6.19. The van der Waals surface area contributed by atoms with Gasteiger partial charge >= 0.3 is 0 Å². The summed E-state index contributed by atoms with van der Waals surface area (Å²) in [5.41, 5.74) is 0.515. The second kappa shape index (κ2) is 6.61. The average molecular weight is 266 g/mol. The van der Waals surface area contributed by atoms with E-state index in [1.165, 1.54) is 57.8 Å². The molecule has 0 aromatic carbocycles. The highest BCUT2D eigenvalue weighted by Crippen LogP contribution is 2.47. The van der Waals surface area contributed by atoms with Gasteiger partial charge in [-0.1, -0.05) is 39.5 Å². The van der Waals surface area contributed by atoms with Gasteiger partial charge in [-0.3, -0.25) is 0 Å². The van der Waals surface area contributed by atoms with Crippen LogP contribution in [0.2, 0.25) is 0 Å². The van der Waals surface area contributed by atoms with E-state index in [9.17, 15) is 0 Å². The van der Waals surface area contributed by atoms with Crippen molar-refractivity contribution in [2.24, 2.45) is 17.3 Å². The van der Waals surface area contributed by atoms with Gasteiger partial charge in [0.15, 0.2) is 0 Å². The number of rotatable bonds is 2. The fourth-order valence-electron chi connectivity index (χ4n) is 3.78. The zero-order chi connectivity index (χ0) is 13.9. The van der Waals surface area contributed by atoms with Crippen molar-refractivity contribution < 1.29 is 4.74 Å². The van der Waals surface area contributed by atoms with Crippen molar-refractivity contribution >= 4 is 0 Å². The number of hydrogen-bond acceptors (Lipinski definition) is 1. The Morgan fingerprint density at radius 2 is 1.68 bits per heavy atom. The SMILES string of the molecule is CC(C)OC1CCC(C)(C)CCCCCC2CC2C1. The van der Waals surface area contributed by atoms with Crippen molar-refractivity contribution in [3.8, 4) is 0 Å². The minimum atomic E-state index is 0.387. The molecule has 2 saturated carbocycles. The van der Waals surface area contributed by atoms with E-state index in [2.05, 4.69) is 27.7 Å². The second-order valence-corrected chi connectivity index (χ2v) is 8.10. The zero-order valence-corrected chi connectivity index (χ0v) is 13.6. The maximum Gasteiger partial charge on any atom is 0.0581 e. The summed E-state index contributed by atoms with van der Waals surface area (Å²) in [5, 5.41) is 0. The molecule has 112 valence electrons. The molecule has 1 nitrogen and oxygen atoms in total. The van der Waals surface area contributed by atoms with Gasteiger partial charge in [-0.25, -0.2) is 0 Å². The average Bonchev–Trinajstić information content (AvgIpc) is 3.02. The Morgan fingerprint density at radius 3 is 2.42 bits per heavy atom. The highest BCUT2D eigenvalue weighted by molar-refractivity contribution is 4.89. The molecule has 0 aromatic heterocycles. The van der Waals surface area contributed by atoms with E-state index >= 15 is 0 Å². The summed E-state index contributed by atoms with van der Waals surface area (Å²) in [6.45, 7) is 9.27. The van der Waals surface area contributed by atoms with Crippen molar-refractivity contribution in [2.75, 3.05) is 0 Å². The quantitative estimate of drug-likeness (QED) is 0.634. The molecule has 3 atom stereocenters. The van der Waals surface area contributed by atoms with E-state index in [4.69, 9.17) is 4.74 Å². The van der Waals surface area contributed by atoms with Crippen LogP contribution in [0.1, 0.15) is 85.5 Å². The third-order valence-corrected chi connectivity index (χ3v) is 5.17. The van der Waals surface area contributed by atoms with E-state index in [0.717, 1.165) is 11.8 Å². The lowest BCUT2D eigenvalue weighted by Gasteiger charge is -2.29. The van der Waals surface area contributed by atoms with E-state index in [-0.39, 0.29) is 0 Å². The summed E-state index contributed by atoms with van der Waals surface area (Å²) < 4.78 is 6.19. The van der Waals surface area contributed by atoms with E-state index in [1.54, 1.807) is 0 Å². The molecule has 2 fully saturated rings. The summed E-state index contributed by atoms with van der Waals surface area (Å²) in [4.78, 5) is 0. The van der Waals surface area contributed by atoms with Gasteiger partial charge in [0.25, 0.3) is 0 Å². The first kappa shape index (κ1) is 15.4. The van der Waals surface area contributed by atoms with Crippen molar-refractivity contribution in [1.82, 2.24) is 0 Å². The van der Waals surface area contributed by atoms with Crippen molar-refractivity contribution in [3.63, 3.8) is 0 Å². The van der Waals surface area contributed by atoms with E-state index in [1.807, 2.05) is 0 Å². The van der Waals surface area contributed by atoms with Crippen molar-refractivity contribution in [3.05, 3.63) is 0 Å². The minimum absolute atomic E-state index is 0.387. The molecule has 1 heteroatoms. The predicted octanol–water partition coefficient (Wildman–Crippen LogP) is 5.58. The van der Waals surface area contributed by atoms with Crippen molar-refractivity contribution in [2.45, 2.75) is 97.7 Å². The van der Waals surface area contributed by atoms with E-state index in [0.29, 0.717) is 17.6 Å². The third kappa shape index (κ3) is 5.45. The first-order valence-electron chi connectivity index (χ1n) is 8.62.